The molecule has 23 heavy (non-hydrogen) atoms. The van der Waals surface area contributed by atoms with Crippen LogP contribution in [0.2, 0.25) is 0 Å². The van der Waals surface area contributed by atoms with E-state index < -0.39 is 20.8 Å². The number of amides is 1. The lowest BCUT2D eigenvalue weighted by molar-refractivity contribution is -0.117. The van der Waals surface area contributed by atoms with E-state index in [0.717, 1.165) is 18.6 Å². The summed E-state index contributed by atoms with van der Waals surface area (Å²) in [5, 5.41) is 0. The Hall–Kier alpha value is -2.41. The topological polar surface area (TPSA) is 63.7 Å². The molecule has 0 unspecified atom stereocenters. The normalized spacial score (nSPS) is 15.0. The first-order valence-electron chi connectivity index (χ1n) is 7.07. The molecule has 1 amide bonds. The fourth-order valence-electron chi connectivity index (χ4n) is 2.42. The second kappa shape index (κ2) is 6.00. The van der Waals surface area contributed by atoms with Crippen LogP contribution in [0.5, 0.6) is 5.75 Å². The van der Waals surface area contributed by atoms with Crippen LogP contribution in [0.1, 0.15) is 12.8 Å². The van der Waals surface area contributed by atoms with Gasteiger partial charge in [-0.3, -0.25) is 4.79 Å². The van der Waals surface area contributed by atoms with Gasteiger partial charge in [-0.2, -0.15) is 8.42 Å². The van der Waals surface area contributed by atoms with Gasteiger partial charge in [0.15, 0.2) is 0 Å². The molecule has 0 bridgehead atoms. The van der Waals surface area contributed by atoms with Gasteiger partial charge in [0.1, 0.15) is 16.5 Å². The maximum absolute atomic E-state index is 13.6. The molecule has 0 atom stereocenters. The molecule has 1 aliphatic heterocycles. The van der Waals surface area contributed by atoms with Gasteiger partial charge < -0.3 is 9.08 Å². The van der Waals surface area contributed by atoms with Crippen molar-refractivity contribution in [2.45, 2.75) is 17.7 Å². The first kappa shape index (κ1) is 15.5. The van der Waals surface area contributed by atoms with Gasteiger partial charge in [-0.15, -0.1) is 0 Å². The van der Waals surface area contributed by atoms with Crippen molar-refractivity contribution in [1.29, 1.82) is 0 Å². The van der Waals surface area contributed by atoms with Crippen LogP contribution in [0.25, 0.3) is 0 Å². The second-order valence-corrected chi connectivity index (χ2v) is 6.63. The van der Waals surface area contributed by atoms with Crippen molar-refractivity contribution in [3.05, 3.63) is 54.3 Å². The Bertz CT molecular complexity index is 833. The minimum absolute atomic E-state index is 0.0395. The number of halogens is 1. The zero-order chi connectivity index (χ0) is 16.4. The van der Waals surface area contributed by atoms with E-state index >= 15 is 0 Å². The Morgan fingerprint density at radius 1 is 1.04 bits per heavy atom. The fourth-order valence-corrected chi connectivity index (χ4v) is 3.43. The van der Waals surface area contributed by atoms with Gasteiger partial charge in [-0.1, -0.05) is 12.1 Å². The number of carbonyl (C=O) groups excluding carboxylic acids is 1. The van der Waals surface area contributed by atoms with Crippen molar-refractivity contribution < 1.29 is 21.8 Å². The molecule has 1 heterocycles. The Kier molecular flexibility index (Phi) is 4.04. The van der Waals surface area contributed by atoms with Gasteiger partial charge >= 0.3 is 10.1 Å². The van der Waals surface area contributed by atoms with E-state index in [1.165, 1.54) is 24.3 Å². The van der Waals surface area contributed by atoms with E-state index in [9.17, 15) is 17.6 Å². The maximum Gasteiger partial charge on any atom is 0.342 e. The Labute approximate surface area is 133 Å². The van der Waals surface area contributed by atoms with E-state index in [1.54, 1.807) is 17.0 Å². The van der Waals surface area contributed by atoms with Crippen LogP contribution < -0.4 is 9.08 Å². The van der Waals surface area contributed by atoms with Crippen LogP contribution in [-0.2, 0) is 14.9 Å². The maximum atomic E-state index is 13.6. The molecule has 1 fully saturated rings. The van der Waals surface area contributed by atoms with Crippen LogP contribution >= 0.6 is 0 Å². The molecule has 0 spiro atoms. The quantitative estimate of drug-likeness (QED) is 0.806. The smallest absolute Gasteiger partial charge is 0.342 e. The number of hydrogen-bond acceptors (Lipinski definition) is 4. The lowest BCUT2D eigenvalue weighted by Crippen LogP contribution is -2.23. The predicted octanol–water partition coefficient (Wildman–Crippen LogP) is 2.72. The highest BCUT2D eigenvalue weighted by atomic mass is 32.2. The standard InChI is InChI=1S/C16H14FNO4S/c17-14-4-1-2-5-15(14)23(20,21)22-13-9-7-12(8-10-13)18-11-3-6-16(18)19/h1-2,4-5,7-10H,3,6,11H2. The summed E-state index contributed by atoms with van der Waals surface area (Å²) >= 11 is 0. The Morgan fingerprint density at radius 3 is 2.35 bits per heavy atom. The summed E-state index contributed by atoms with van der Waals surface area (Å²) in [4.78, 5) is 12.8. The zero-order valence-electron chi connectivity index (χ0n) is 12.1. The molecule has 1 saturated heterocycles. The van der Waals surface area contributed by atoms with Gasteiger partial charge in [0, 0.05) is 18.7 Å². The molecule has 0 saturated carbocycles. The van der Waals surface area contributed by atoms with Gasteiger partial charge in [-0.05, 0) is 42.8 Å². The second-order valence-electron chi connectivity index (χ2n) is 5.11. The summed E-state index contributed by atoms with van der Waals surface area (Å²) in [7, 11) is -4.24. The first-order chi connectivity index (χ1) is 11.0. The third-order valence-corrected chi connectivity index (χ3v) is 4.82. The SMILES string of the molecule is O=C1CCCN1c1ccc(OS(=O)(=O)c2ccccc2F)cc1. The van der Waals surface area contributed by atoms with Crippen molar-refractivity contribution in [3.8, 4) is 5.75 Å². The molecule has 1 aliphatic rings. The van der Waals surface area contributed by atoms with Crippen molar-refractivity contribution in [2.24, 2.45) is 0 Å². The highest BCUT2D eigenvalue weighted by Gasteiger charge is 2.23. The largest absolute Gasteiger partial charge is 0.379 e. The molecular weight excluding hydrogens is 321 g/mol. The summed E-state index contributed by atoms with van der Waals surface area (Å²) in [6.07, 6.45) is 1.32. The molecule has 0 aromatic heterocycles. The van der Waals surface area contributed by atoms with E-state index in [4.69, 9.17) is 4.18 Å². The molecular formula is C16H14FNO4S. The molecule has 2 aromatic carbocycles. The van der Waals surface area contributed by atoms with Gasteiger partial charge in [0.25, 0.3) is 0 Å². The molecule has 0 radical (unpaired) electrons. The Balaban J connectivity index is 1.81. The van der Waals surface area contributed by atoms with Crippen LogP contribution in [0.15, 0.2) is 53.4 Å². The van der Waals surface area contributed by atoms with Crippen LogP contribution in [0, 0.1) is 5.82 Å². The lowest BCUT2D eigenvalue weighted by atomic mass is 10.3. The molecule has 3 rings (SSSR count). The number of anilines is 1. The molecule has 2 aromatic rings. The minimum Gasteiger partial charge on any atom is -0.379 e. The number of benzene rings is 2. The molecule has 0 aliphatic carbocycles. The summed E-state index contributed by atoms with van der Waals surface area (Å²) in [6, 6.07) is 11.1. The minimum atomic E-state index is -4.24. The summed E-state index contributed by atoms with van der Waals surface area (Å²) in [5.41, 5.74) is 0.683. The number of carbonyl (C=O) groups is 1. The summed E-state index contributed by atoms with van der Waals surface area (Å²) in [6.45, 7) is 0.645. The third kappa shape index (κ3) is 3.19. The molecule has 120 valence electrons. The first-order valence-corrected chi connectivity index (χ1v) is 8.48. The summed E-state index contributed by atoms with van der Waals surface area (Å²) in [5.74, 6) is -0.770. The molecule has 0 N–H and O–H groups in total. The van der Waals surface area contributed by atoms with Crippen molar-refractivity contribution in [3.63, 3.8) is 0 Å². The van der Waals surface area contributed by atoms with Crippen molar-refractivity contribution in [1.82, 2.24) is 0 Å². The molecule has 7 heteroatoms. The van der Waals surface area contributed by atoms with Crippen molar-refractivity contribution >= 4 is 21.7 Å². The third-order valence-electron chi connectivity index (χ3n) is 3.53. The average molecular weight is 335 g/mol. The van der Waals surface area contributed by atoms with Gasteiger partial charge in [0.05, 0.1) is 0 Å². The summed E-state index contributed by atoms with van der Waals surface area (Å²) < 4.78 is 42.7. The number of nitrogens with zero attached hydrogens (tertiary/aromatic N) is 1. The van der Waals surface area contributed by atoms with Crippen LogP contribution in [0.4, 0.5) is 10.1 Å². The monoisotopic (exact) mass is 335 g/mol. The number of rotatable bonds is 4. The van der Waals surface area contributed by atoms with E-state index in [-0.39, 0.29) is 11.7 Å². The van der Waals surface area contributed by atoms with E-state index in [2.05, 4.69) is 0 Å². The van der Waals surface area contributed by atoms with Crippen LogP contribution in [0.3, 0.4) is 0 Å². The van der Waals surface area contributed by atoms with E-state index in [1.807, 2.05) is 0 Å². The molecule has 5 nitrogen and oxygen atoms in total. The van der Waals surface area contributed by atoms with Crippen LogP contribution in [-0.4, -0.2) is 20.9 Å². The van der Waals surface area contributed by atoms with Gasteiger partial charge in [0.2, 0.25) is 5.91 Å². The van der Waals surface area contributed by atoms with Crippen molar-refractivity contribution in [2.75, 3.05) is 11.4 Å². The Morgan fingerprint density at radius 2 is 1.74 bits per heavy atom. The average Bonchev–Trinajstić information content (AvgIpc) is 2.94. The predicted molar refractivity (Wildman–Crippen MR) is 82.2 cm³/mol. The van der Waals surface area contributed by atoms with Gasteiger partial charge in [-0.25, -0.2) is 4.39 Å². The number of hydrogen-bond donors (Lipinski definition) is 0. The fraction of sp³-hybridized carbons (Fsp3) is 0.188. The zero-order valence-corrected chi connectivity index (χ0v) is 12.9. The van der Waals surface area contributed by atoms with E-state index in [0.29, 0.717) is 18.7 Å². The highest BCUT2D eigenvalue weighted by Crippen LogP contribution is 2.26. The lowest BCUT2D eigenvalue weighted by Gasteiger charge is -2.16. The highest BCUT2D eigenvalue weighted by molar-refractivity contribution is 7.87.